The van der Waals surface area contributed by atoms with E-state index in [9.17, 15) is 15.0 Å². The summed E-state index contributed by atoms with van der Waals surface area (Å²) in [5, 5.41) is 33.8. The van der Waals surface area contributed by atoms with Crippen molar-refractivity contribution >= 4 is 5.91 Å². The molecule has 0 spiro atoms. The maximum Gasteiger partial charge on any atom is 0.217 e. The molecular weight excluding hydrogens is 232 g/mol. The molecule has 0 aromatic carbocycles. The molecule has 0 bridgehead atoms. The largest absolute Gasteiger partial charge is 0.396 e. The van der Waals surface area contributed by atoms with Crippen LogP contribution in [0.2, 0.25) is 0 Å². The van der Waals surface area contributed by atoms with Crippen molar-refractivity contribution in [2.45, 2.75) is 37.5 Å². The summed E-state index contributed by atoms with van der Waals surface area (Å²) in [5.41, 5.74) is 8.27. The third kappa shape index (κ3) is 3.05. The van der Waals surface area contributed by atoms with E-state index in [1.54, 1.807) is 0 Å². The third-order valence-corrected chi connectivity index (χ3v) is 2.44. The first-order chi connectivity index (χ1) is 8.01. The lowest BCUT2D eigenvalue weighted by Crippen LogP contribution is -2.48. The van der Waals surface area contributed by atoms with Gasteiger partial charge in [0.1, 0.15) is 12.1 Å². The fraction of sp³-hybridized carbons (Fsp3) is 0.875. The summed E-state index contributed by atoms with van der Waals surface area (Å²) in [6.45, 7) is 0.690. The van der Waals surface area contributed by atoms with E-state index in [2.05, 4.69) is 15.3 Å². The van der Waals surface area contributed by atoms with Crippen molar-refractivity contribution in [3.63, 3.8) is 0 Å². The average molecular weight is 246 g/mol. The van der Waals surface area contributed by atoms with Crippen LogP contribution in [0.5, 0.6) is 0 Å². The van der Waals surface area contributed by atoms with E-state index < -0.39 is 43.1 Å². The molecule has 1 rings (SSSR count). The monoisotopic (exact) mass is 246 g/mol. The molecule has 96 valence electrons. The van der Waals surface area contributed by atoms with Crippen molar-refractivity contribution in [1.82, 2.24) is 5.32 Å². The molecule has 0 aromatic heterocycles. The van der Waals surface area contributed by atoms with E-state index in [0.29, 0.717) is 0 Å². The summed E-state index contributed by atoms with van der Waals surface area (Å²) in [6, 6.07) is -2.04. The van der Waals surface area contributed by atoms with Crippen LogP contribution in [0.15, 0.2) is 5.11 Å². The molecule has 1 aliphatic rings. The second-order valence-electron chi connectivity index (χ2n) is 3.66. The van der Waals surface area contributed by atoms with Crippen molar-refractivity contribution in [3.8, 4) is 0 Å². The number of aliphatic hydroxyl groups excluding tert-OH is 3. The molecule has 0 radical (unpaired) electrons. The average Bonchev–Trinajstić information content (AvgIpc) is 2.53. The molecule has 17 heavy (non-hydrogen) atoms. The molecule has 9 heteroatoms. The molecular formula is C8H14N4O5. The minimum atomic E-state index is -1.41. The number of hydrogen-bond donors (Lipinski definition) is 4. The molecule has 1 saturated heterocycles. The van der Waals surface area contributed by atoms with Gasteiger partial charge in [0, 0.05) is 11.8 Å². The quantitative estimate of drug-likeness (QED) is 0.263. The maximum absolute atomic E-state index is 10.8. The second kappa shape index (κ2) is 5.80. The van der Waals surface area contributed by atoms with Gasteiger partial charge >= 0.3 is 0 Å². The number of nitrogens with zero attached hydrogens (tertiary/aromatic N) is 3. The number of carbonyl (C=O) groups excluding carboxylic acids is 1. The number of aliphatic hydroxyl groups is 3. The van der Waals surface area contributed by atoms with Crippen molar-refractivity contribution in [3.05, 3.63) is 10.4 Å². The lowest BCUT2D eigenvalue weighted by molar-refractivity contribution is -0.126. The highest BCUT2D eigenvalue weighted by atomic mass is 16.6. The van der Waals surface area contributed by atoms with Crippen molar-refractivity contribution < 1.29 is 24.9 Å². The van der Waals surface area contributed by atoms with Crippen molar-refractivity contribution in [1.29, 1.82) is 0 Å². The predicted molar refractivity (Wildman–Crippen MR) is 54.5 cm³/mol. The van der Waals surface area contributed by atoms with E-state index in [-0.39, 0.29) is 0 Å². The van der Waals surface area contributed by atoms with Gasteiger partial charge in [0.15, 0.2) is 6.29 Å². The van der Waals surface area contributed by atoms with E-state index in [4.69, 9.17) is 15.4 Å². The number of carbonyl (C=O) groups is 1. The maximum atomic E-state index is 10.8. The van der Waals surface area contributed by atoms with Crippen molar-refractivity contribution in [2.75, 3.05) is 6.61 Å². The van der Waals surface area contributed by atoms with Crippen LogP contribution in [0.25, 0.3) is 10.4 Å². The highest BCUT2D eigenvalue weighted by Gasteiger charge is 2.46. The summed E-state index contributed by atoms with van der Waals surface area (Å²) in [7, 11) is 0. The first-order valence-electron chi connectivity index (χ1n) is 4.95. The minimum absolute atomic E-state index is 0.443. The van der Waals surface area contributed by atoms with Crippen LogP contribution < -0.4 is 5.32 Å². The predicted octanol–water partition coefficient (Wildman–Crippen LogP) is -1.76. The number of rotatable bonds is 4. The van der Waals surface area contributed by atoms with E-state index in [1.807, 2.05) is 0 Å². The van der Waals surface area contributed by atoms with E-state index in [1.165, 1.54) is 6.92 Å². The second-order valence-corrected chi connectivity index (χ2v) is 3.66. The summed E-state index contributed by atoms with van der Waals surface area (Å²) in [5.74, 6) is -0.443. The topological polar surface area (TPSA) is 148 Å². The smallest absolute Gasteiger partial charge is 0.217 e. The van der Waals surface area contributed by atoms with E-state index >= 15 is 0 Å². The standard InChI is InChI=1S/C8H14N4O5/c1-3(14)10-5-6(15)7(17-8(5)16)4(2-13)11-12-9/h4-8,13,15-16H,2H2,1H3,(H,10,14)/t4-,5?,6-,7+,8-/m0/s1. The Balaban J connectivity index is 2.78. The van der Waals surface area contributed by atoms with Gasteiger partial charge in [-0.3, -0.25) is 4.79 Å². The fourth-order valence-corrected chi connectivity index (χ4v) is 1.68. The van der Waals surface area contributed by atoms with Gasteiger partial charge in [0.05, 0.1) is 18.8 Å². The summed E-state index contributed by atoms with van der Waals surface area (Å²) in [4.78, 5) is 13.3. The number of azide groups is 1. The Morgan fingerprint density at radius 3 is 2.76 bits per heavy atom. The number of amides is 1. The summed E-state index contributed by atoms with van der Waals surface area (Å²) >= 11 is 0. The Morgan fingerprint density at radius 2 is 2.29 bits per heavy atom. The van der Waals surface area contributed by atoms with Crippen LogP contribution in [0, 0.1) is 0 Å². The molecule has 1 unspecified atom stereocenters. The molecule has 0 saturated carbocycles. The Labute approximate surface area is 96.6 Å². The zero-order valence-corrected chi connectivity index (χ0v) is 9.09. The first-order valence-corrected chi connectivity index (χ1v) is 4.95. The normalized spacial score (nSPS) is 33.9. The van der Waals surface area contributed by atoms with Gasteiger partial charge in [-0.05, 0) is 5.53 Å². The van der Waals surface area contributed by atoms with Crippen LogP contribution in [-0.2, 0) is 9.53 Å². The van der Waals surface area contributed by atoms with Gasteiger partial charge in [-0.25, -0.2) is 0 Å². The van der Waals surface area contributed by atoms with Gasteiger partial charge in [0.25, 0.3) is 0 Å². The van der Waals surface area contributed by atoms with Crippen LogP contribution in [0.1, 0.15) is 6.92 Å². The lowest BCUT2D eigenvalue weighted by atomic mass is 10.0. The van der Waals surface area contributed by atoms with Gasteiger partial charge in [-0.1, -0.05) is 5.11 Å². The Morgan fingerprint density at radius 1 is 1.65 bits per heavy atom. The fourth-order valence-electron chi connectivity index (χ4n) is 1.68. The highest BCUT2D eigenvalue weighted by Crippen LogP contribution is 2.23. The van der Waals surface area contributed by atoms with Gasteiger partial charge in [-0.2, -0.15) is 0 Å². The van der Waals surface area contributed by atoms with Gasteiger partial charge < -0.3 is 25.4 Å². The third-order valence-electron chi connectivity index (χ3n) is 2.44. The zero-order valence-electron chi connectivity index (χ0n) is 9.09. The first kappa shape index (κ1) is 13.7. The number of nitrogens with one attached hydrogen (secondary N) is 1. The lowest BCUT2D eigenvalue weighted by Gasteiger charge is -2.20. The Hall–Kier alpha value is -1.38. The molecule has 9 nitrogen and oxygen atoms in total. The minimum Gasteiger partial charge on any atom is -0.396 e. The molecule has 4 N–H and O–H groups in total. The molecule has 0 aromatic rings. The molecule has 1 heterocycles. The van der Waals surface area contributed by atoms with Crippen LogP contribution in [0.4, 0.5) is 0 Å². The molecule has 1 fully saturated rings. The van der Waals surface area contributed by atoms with Crippen LogP contribution in [-0.4, -0.2) is 58.4 Å². The SMILES string of the molecule is CC(=O)NC1[C@@H](O)O[C@H]([C@H](CO)N=[N+]=[N-])[C@H]1O. The van der Waals surface area contributed by atoms with E-state index in [0.717, 1.165) is 0 Å². The summed E-state index contributed by atoms with van der Waals surface area (Å²) in [6.07, 6.45) is -3.75. The molecule has 0 aliphatic carbocycles. The van der Waals surface area contributed by atoms with Crippen LogP contribution in [0.3, 0.4) is 0 Å². The van der Waals surface area contributed by atoms with Gasteiger partial charge in [-0.15, -0.1) is 0 Å². The number of ether oxygens (including phenoxy) is 1. The van der Waals surface area contributed by atoms with Crippen molar-refractivity contribution in [2.24, 2.45) is 5.11 Å². The molecule has 1 aliphatic heterocycles. The highest BCUT2D eigenvalue weighted by molar-refractivity contribution is 5.73. The zero-order chi connectivity index (χ0) is 13.0. The molecule has 5 atom stereocenters. The summed E-state index contributed by atoms with van der Waals surface area (Å²) < 4.78 is 4.96. The Kier molecular flexibility index (Phi) is 4.67. The van der Waals surface area contributed by atoms with Crippen LogP contribution >= 0.6 is 0 Å². The van der Waals surface area contributed by atoms with Gasteiger partial charge in [0.2, 0.25) is 5.91 Å². The number of hydrogen-bond acceptors (Lipinski definition) is 6. The Bertz CT molecular complexity index is 332. The molecule has 1 amide bonds.